The van der Waals surface area contributed by atoms with Crippen molar-refractivity contribution in [2.75, 3.05) is 47.4 Å². The molecule has 0 saturated carbocycles. The van der Waals surface area contributed by atoms with Crippen LogP contribution in [0.15, 0.2) is 40.7 Å². The lowest BCUT2D eigenvalue weighted by molar-refractivity contribution is 0.0957. The minimum absolute atomic E-state index is 0. The molecule has 1 aromatic carbocycles. The number of carbonyl (C=O) groups is 1. The molecular weight excluding hydrogens is 527 g/mol. The number of thiophene rings is 1. The number of carbonyl (C=O) groups excluding carboxylic acids is 1. The molecule has 2 aromatic rings. The van der Waals surface area contributed by atoms with E-state index >= 15 is 0 Å². The Morgan fingerprint density at radius 3 is 2.58 bits per heavy atom. The molecule has 0 radical (unpaired) electrons. The second-order valence-corrected chi connectivity index (χ2v) is 7.63. The summed E-state index contributed by atoms with van der Waals surface area (Å²) in [6.07, 6.45) is 1.65. The minimum atomic E-state index is -0.0204. The second kappa shape index (κ2) is 14.9. The zero-order chi connectivity index (χ0) is 21.8. The Morgan fingerprint density at radius 2 is 1.94 bits per heavy atom. The first kappa shape index (κ1) is 27.0. The van der Waals surface area contributed by atoms with Crippen LogP contribution in [0.4, 0.5) is 0 Å². The van der Waals surface area contributed by atoms with Crippen molar-refractivity contribution in [1.82, 2.24) is 15.5 Å². The van der Waals surface area contributed by atoms with E-state index in [2.05, 4.69) is 33.5 Å². The summed E-state index contributed by atoms with van der Waals surface area (Å²) in [5, 5.41) is 8.16. The van der Waals surface area contributed by atoms with Crippen LogP contribution in [0.2, 0.25) is 0 Å². The van der Waals surface area contributed by atoms with Gasteiger partial charge in [0.15, 0.2) is 17.5 Å². The number of aliphatic imine (C=N–C) groups is 1. The van der Waals surface area contributed by atoms with Crippen molar-refractivity contribution < 1.29 is 14.3 Å². The van der Waals surface area contributed by atoms with Crippen LogP contribution in [0.1, 0.15) is 28.6 Å². The maximum absolute atomic E-state index is 11.9. The third kappa shape index (κ3) is 8.94. The molecule has 0 aliphatic rings. The van der Waals surface area contributed by atoms with Gasteiger partial charge in [-0.05, 0) is 48.9 Å². The normalized spacial score (nSPS) is 10.8. The lowest BCUT2D eigenvalue weighted by atomic mass is 10.1. The van der Waals surface area contributed by atoms with E-state index < -0.39 is 0 Å². The summed E-state index contributed by atoms with van der Waals surface area (Å²) in [6.45, 7) is 4.92. The molecule has 1 amide bonds. The third-order valence-corrected chi connectivity index (χ3v) is 5.38. The van der Waals surface area contributed by atoms with E-state index in [1.165, 1.54) is 16.9 Å². The summed E-state index contributed by atoms with van der Waals surface area (Å²) in [5.74, 6) is 2.31. The molecule has 2 rings (SSSR count). The Morgan fingerprint density at radius 1 is 1.16 bits per heavy atom. The van der Waals surface area contributed by atoms with Crippen LogP contribution < -0.4 is 20.1 Å². The fraction of sp³-hybridized carbons (Fsp3) is 0.455. The second-order valence-electron chi connectivity index (χ2n) is 6.68. The maximum atomic E-state index is 11.9. The Bertz CT molecular complexity index is 815. The number of amides is 1. The number of ether oxygens (including phenoxy) is 2. The maximum Gasteiger partial charge on any atom is 0.261 e. The SMILES string of the molecule is CCNC(=NCCCNC(=O)c1cccs1)N(C)CCc1ccc(OC)c(OC)c1.I. The molecule has 0 bridgehead atoms. The number of benzene rings is 1. The number of halogens is 1. The van der Waals surface area contributed by atoms with Crippen LogP contribution in [-0.4, -0.2) is 64.2 Å². The predicted molar refractivity (Wildman–Crippen MR) is 139 cm³/mol. The zero-order valence-electron chi connectivity index (χ0n) is 18.6. The Hall–Kier alpha value is -2.01. The Kier molecular flexibility index (Phi) is 13.0. The zero-order valence-corrected chi connectivity index (χ0v) is 21.8. The Balaban J connectivity index is 0.00000480. The highest BCUT2D eigenvalue weighted by atomic mass is 127. The van der Waals surface area contributed by atoms with Gasteiger partial charge < -0.3 is 25.0 Å². The molecule has 0 saturated heterocycles. The number of nitrogens with one attached hydrogen (secondary N) is 2. The van der Waals surface area contributed by atoms with Crippen LogP contribution in [0.25, 0.3) is 0 Å². The molecule has 0 spiro atoms. The van der Waals surface area contributed by atoms with Crippen LogP contribution in [-0.2, 0) is 6.42 Å². The van der Waals surface area contributed by atoms with Crippen molar-refractivity contribution in [2.45, 2.75) is 19.8 Å². The first-order chi connectivity index (χ1) is 14.6. The molecule has 172 valence electrons. The number of hydrogen-bond donors (Lipinski definition) is 2. The van der Waals surface area contributed by atoms with E-state index in [-0.39, 0.29) is 29.9 Å². The van der Waals surface area contributed by atoms with Gasteiger partial charge in [0.1, 0.15) is 0 Å². The van der Waals surface area contributed by atoms with E-state index in [0.29, 0.717) is 13.1 Å². The lowest BCUT2D eigenvalue weighted by Gasteiger charge is -2.22. The molecule has 9 heteroatoms. The molecule has 1 aromatic heterocycles. The molecular formula is C22H33IN4O3S. The number of hydrogen-bond acceptors (Lipinski definition) is 5. The summed E-state index contributed by atoms with van der Waals surface area (Å²) in [7, 11) is 5.31. The summed E-state index contributed by atoms with van der Waals surface area (Å²) in [6, 6.07) is 9.69. The largest absolute Gasteiger partial charge is 0.493 e. The number of rotatable bonds is 11. The van der Waals surface area contributed by atoms with E-state index in [9.17, 15) is 4.79 Å². The first-order valence-electron chi connectivity index (χ1n) is 10.1. The van der Waals surface area contributed by atoms with Crippen molar-refractivity contribution >= 4 is 47.2 Å². The number of guanidine groups is 1. The average molecular weight is 561 g/mol. The van der Waals surface area contributed by atoms with Crippen molar-refractivity contribution in [3.05, 3.63) is 46.2 Å². The van der Waals surface area contributed by atoms with Crippen LogP contribution in [0.5, 0.6) is 11.5 Å². The molecule has 0 unspecified atom stereocenters. The molecule has 31 heavy (non-hydrogen) atoms. The van der Waals surface area contributed by atoms with E-state index in [4.69, 9.17) is 9.47 Å². The van der Waals surface area contributed by atoms with Gasteiger partial charge in [0, 0.05) is 33.2 Å². The Labute approximate surface area is 206 Å². The quantitative estimate of drug-likeness (QED) is 0.190. The van der Waals surface area contributed by atoms with Crippen molar-refractivity contribution in [3.63, 3.8) is 0 Å². The molecule has 0 aliphatic heterocycles. The van der Waals surface area contributed by atoms with Crippen LogP contribution >= 0.6 is 35.3 Å². The first-order valence-corrected chi connectivity index (χ1v) is 11.0. The molecule has 7 nitrogen and oxygen atoms in total. The fourth-order valence-corrected chi connectivity index (χ4v) is 3.51. The highest BCUT2D eigenvalue weighted by Gasteiger charge is 2.09. The molecule has 0 atom stereocenters. The van der Waals surface area contributed by atoms with Gasteiger partial charge >= 0.3 is 0 Å². The summed E-state index contributed by atoms with van der Waals surface area (Å²) in [5.41, 5.74) is 1.17. The number of nitrogens with zero attached hydrogens (tertiary/aromatic N) is 2. The van der Waals surface area contributed by atoms with Gasteiger partial charge in [0.25, 0.3) is 5.91 Å². The van der Waals surface area contributed by atoms with E-state index in [0.717, 1.165) is 48.3 Å². The monoisotopic (exact) mass is 560 g/mol. The van der Waals surface area contributed by atoms with Crippen LogP contribution in [0.3, 0.4) is 0 Å². The van der Waals surface area contributed by atoms with Gasteiger partial charge in [0.05, 0.1) is 19.1 Å². The molecule has 0 fully saturated rings. The third-order valence-electron chi connectivity index (χ3n) is 4.51. The molecule has 0 aliphatic carbocycles. The van der Waals surface area contributed by atoms with Gasteiger partial charge in [-0.3, -0.25) is 9.79 Å². The van der Waals surface area contributed by atoms with Crippen molar-refractivity contribution in [1.29, 1.82) is 0 Å². The van der Waals surface area contributed by atoms with Crippen LogP contribution in [0, 0.1) is 0 Å². The number of methoxy groups -OCH3 is 2. The molecule has 1 heterocycles. The van der Waals surface area contributed by atoms with Crippen molar-refractivity contribution in [3.8, 4) is 11.5 Å². The highest BCUT2D eigenvalue weighted by molar-refractivity contribution is 14.0. The van der Waals surface area contributed by atoms with Gasteiger partial charge in [-0.15, -0.1) is 35.3 Å². The fourth-order valence-electron chi connectivity index (χ4n) is 2.87. The topological polar surface area (TPSA) is 75.2 Å². The lowest BCUT2D eigenvalue weighted by Crippen LogP contribution is -2.40. The van der Waals surface area contributed by atoms with Gasteiger partial charge in [0.2, 0.25) is 0 Å². The predicted octanol–water partition coefficient (Wildman–Crippen LogP) is 3.64. The van der Waals surface area contributed by atoms with E-state index in [1.54, 1.807) is 14.2 Å². The van der Waals surface area contributed by atoms with Gasteiger partial charge in [-0.1, -0.05) is 12.1 Å². The minimum Gasteiger partial charge on any atom is -0.493 e. The average Bonchev–Trinajstić information content (AvgIpc) is 3.31. The summed E-state index contributed by atoms with van der Waals surface area (Å²) in [4.78, 5) is 19.5. The van der Waals surface area contributed by atoms with Gasteiger partial charge in [-0.25, -0.2) is 0 Å². The van der Waals surface area contributed by atoms with Crippen molar-refractivity contribution in [2.24, 2.45) is 4.99 Å². The molecule has 2 N–H and O–H groups in total. The smallest absolute Gasteiger partial charge is 0.261 e. The summed E-state index contributed by atoms with van der Waals surface area (Å²) < 4.78 is 10.7. The van der Waals surface area contributed by atoms with Gasteiger partial charge in [-0.2, -0.15) is 0 Å². The summed E-state index contributed by atoms with van der Waals surface area (Å²) >= 11 is 1.45. The highest BCUT2D eigenvalue weighted by Crippen LogP contribution is 2.27. The van der Waals surface area contributed by atoms with E-state index in [1.807, 2.05) is 36.7 Å². The standard InChI is InChI=1S/C22H32N4O3S.HI/c1-5-23-22(25-13-7-12-24-21(27)20-8-6-15-30-20)26(2)14-11-17-9-10-18(28-3)19(16-17)29-4;/h6,8-10,15-16H,5,7,11-14H2,1-4H3,(H,23,25)(H,24,27);1H. The number of likely N-dealkylation sites (N-methyl/N-ethyl adjacent to an activating group) is 1.